The van der Waals surface area contributed by atoms with Gasteiger partial charge in [-0.3, -0.25) is 4.90 Å². The van der Waals surface area contributed by atoms with Crippen LogP contribution < -0.4 is 10.6 Å². The van der Waals surface area contributed by atoms with Gasteiger partial charge in [0.15, 0.2) is 0 Å². The molecule has 1 fully saturated rings. The maximum atomic E-state index is 6.07. The van der Waals surface area contributed by atoms with E-state index in [1.807, 2.05) is 36.4 Å². The van der Waals surface area contributed by atoms with E-state index in [0.29, 0.717) is 0 Å². The number of aromatic nitrogens is 2. The van der Waals surface area contributed by atoms with Crippen molar-refractivity contribution in [1.29, 1.82) is 0 Å². The largest absolute Gasteiger partial charge is 0.338 e. The Morgan fingerprint density at radius 2 is 1.67 bits per heavy atom. The molecule has 27 heavy (non-hydrogen) atoms. The number of nitrogens with two attached hydrogens (primary N) is 1. The molecule has 2 aromatic carbocycles. The van der Waals surface area contributed by atoms with Gasteiger partial charge >= 0.3 is 0 Å². The second-order valence-corrected chi connectivity index (χ2v) is 7.30. The van der Waals surface area contributed by atoms with Gasteiger partial charge in [0.2, 0.25) is 5.95 Å². The number of piperazine rings is 1. The van der Waals surface area contributed by atoms with E-state index >= 15 is 0 Å². The fourth-order valence-corrected chi connectivity index (χ4v) is 3.65. The summed E-state index contributed by atoms with van der Waals surface area (Å²) in [7, 11) is 0. The molecule has 5 nitrogen and oxygen atoms in total. The number of benzene rings is 2. The molecule has 2 N–H and O–H groups in total. The highest BCUT2D eigenvalue weighted by atomic mass is 35.5. The summed E-state index contributed by atoms with van der Waals surface area (Å²) in [6.07, 6.45) is 1.05. The molecule has 0 spiro atoms. The number of hydrogen-bond donors (Lipinski definition) is 1. The molecule has 0 radical (unpaired) electrons. The number of para-hydroxylation sites is 1. The third kappa shape index (κ3) is 4.05. The summed E-state index contributed by atoms with van der Waals surface area (Å²) >= 11 is 6.07. The Hall–Kier alpha value is -2.21. The Labute approximate surface area is 164 Å². The van der Waals surface area contributed by atoms with Crippen molar-refractivity contribution < 1.29 is 0 Å². The standard InChI is InChI=1S/C21H24ClN5/c22-17-8-6-16(7-9-17)20-18-4-1-2-5-19(18)24-21(25-20)27-14-12-26(13-15-27)11-3-10-23/h1-2,4-9H,3,10-15,23H2. The molecule has 1 aliphatic rings. The van der Waals surface area contributed by atoms with Gasteiger partial charge in [0, 0.05) is 42.2 Å². The first-order valence-electron chi connectivity index (χ1n) is 9.45. The van der Waals surface area contributed by atoms with Crippen molar-refractivity contribution in [3.63, 3.8) is 0 Å². The number of rotatable bonds is 5. The fourth-order valence-electron chi connectivity index (χ4n) is 3.52. The molecule has 1 aromatic heterocycles. The van der Waals surface area contributed by atoms with Crippen molar-refractivity contribution in [1.82, 2.24) is 14.9 Å². The highest BCUT2D eigenvalue weighted by Crippen LogP contribution is 2.29. The van der Waals surface area contributed by atoms with E-state index in [2.05, 4.69) is 21.9 Å². The van der Waals surface area contributed by atoms with Crippen LogP contribution in [0.5, 0.6) is 0 Å². The first kappa shape index (κ1) is 18.2. The number of anilines is 1. The molecule has 1 aliphatic heterocycles. The Morgan fingerprint density at radius 3 is 2.41 bits per heavy atom. The molecule has 3 aromatic rings. The summed E-state index contributed by atoms with van der Waals surface area (Å²) in [5.41, 5.74) is 8.62. The molecule has 0 unspecified atom stereocenters. The van der Waals surface area contributed by atoms with Crippen molar-refractivity contribution in [3.05, 3.63) is 53.6 Å². The van der Waals surface area contributed by atoms with Crippen LogP contribution in [0.4, 0.5) is 5.95 Å². The molecule has 6 heteroatoms. The van der Waals surface area contributed by atoms with Gasteiger partial charge in [0.1, 0.15) is 0 Å². The minimum absolute atomic E-state index is 0.728. The van der Waals surface area contributed by atoms with Gasteiger partial charge < -0.3 is 10.6 Å². The maximum absolute atomic E-state index is 6.07. The zero-order valence-electron chi connectivity index (χ0n) is 15.3. The van der Waals surface area contributed by atoms with E-state index in [1.165, 1.54) is 0 Å². The van der Waals surface area contributed by atoms with Gasteiger partial charge in [0.25, 0.3) is 0 Å². The second-order valence-electron chi connectivity index (χ2n) is 6.87. The van der Waals surface area contributed by atoms with Crippen molar-refractivity contribution in [3.8, 4) is 11.3 Å². The third-order valence-corrected chi connectivity index (χ3v) is 5.29. The van der Waals surface area contributed by atoms with Crippen LogP contribution in [-0.2, 0) is 0 Å². The predicted molar refractivity (Wildman–Crippen MR) is 112 cm³/mol. The summed E-state index contributed by atoms with van der Waals surface area (Å²) in [4.78, 5) is 14.5. The molecule has 0 aliphatic carbocycles. The summed E-state index contributed by atoms with van der Waals surface area (Å²) in [6, 6.07) is 16.0. The Morgan fingerprint density at radius 1 is 0.926 bits per heavy atom. The van der Waals surface area contributed by atoms with Gasteiger partial charge in [-0.1, -0.05) is 41.9 Å². The quantitative estimate of drug-likeness (QED) is 0.733. The lowest BCUT2D eigenvalue weighted by molar-refractivity contribution is 0.255. The molecule has 0 bridgehead atoms. The van der Waals surface area contributed by atoms with E-state index in [0.717, 1.165) is 78.8 Å². The normalized spacial score (nSPS) is 15.4. The van der Waals surface area contributed by atoms with Gasteiger partial charge in [-0.2, -0.15) is 0 Å². The van der Waals surface area contributed by atoms with E-state index < -0.39 is 0 Å². The summed E-state index contributed by atoms with van der Waals surface area (Å²) in [5.74, 6) is 0.803. The average Bonchev–Trinajstić information content (AvgIpc) is 2.72. The topological polar surface area (TPSA) is 58.3 Å². The lowest BCUT2D eigenvalue weighted by atomic mass is 10.1. The molecule has 140 valence electrons. The van der Waals surface area contributed by atoms with Crippen LogP contribution >= 0.6 is 11.6 Å². The molecular formula is C21H24ClN5. The number of fused-ring (bicyclic) bond motifs is 1. The molecule has 1 saturated heterocycles. The average molecular weight is 382 g/mol. The molecular weight excluding hydrogens is 358 g/mol. The lowest BCUT2D eigenvalue weighted by Gasteiger charge is -2.34. The highest BCUT2D eigenvalue weighted by molar-refractivity contribution is 6.30. The third-order valence-electron chi connectivity index (χ3n) is 5.04. The molecule has 0 atom stereocenters. The zero-order chi connectivity index (χ0) is 18.6. The number of nitrogens with zero attached hydrogens (tertiary/aromatic N) is 4. The zero-order valence-corrected chi connectivity index (χ0v) is 16.1. The molecule has 0 saturated carbocycles. The van der Waals surface area contributed by atoms with Gasteiger partial charge in [-0.05, 0) is 37.7 Å². The van der Waals surface area contributed by atoms with Crippen LogP contribution in [0, 0.1) is 0 Å². The van der Waals surface area contributed by atoms with Crippen LogP contribution in [0.1, 0.15) is 6.42 Å². The van der Waals surface area contributed by atoms with E-state index in [4.69, 9.17) is 27.3 Å². The predicted octanol–water partition coefficient (Wildman–Crippen LogP) is 3.42. The van der Waals surface area contributed by atoms with E-state index in [-0.39, 0.29) is 0 Å². The smallest absolute Gasteiger partial charge is 0.226 e. The van der Waals surface area contributed by atoms with E-state index in [1.54, 1.807) is 0 Å². The lowest BCUT2D eigenvalue weighted by Crippen LogP contribution is -2.47. The minimum Gasteiger partial charge on any atom is -0.338 e. The first-order valence-corrected chi connectivity index (χ1v) is 9.82. The number of hydrogen-bond acceptors (Lipinski definition) is 5. The van der Waals surface area contributed by atoms with Crippen LogP contribution in [0.3, 0.4) is 0 Å². The highest BCUT2D eigenvalue weighted by Gasteiger charge is 2.20. The molecule has 2 heterocycles. The van der Waals surface area contributed by atoms with Crippen molar-refractivity contribution in [2.45, 2.75) is 6.42 Å². The van der Waals surface area contributed by atoms with Crippen LogP contribution in [0.15, 0.2) is 48.5 Å². The summed E-state index contributed by atoms with van der Waals surface area (Å²) in [5, 5.41) is 1.79. The Balaban J connectivity index is 1.65. The Bertz CT molecular complexity index is 904. The van der Waals surface area contributed by atoms with Gasteiger partial charge in [0.05, 0.1) is 11.2 Å². The maximum Gasteiger partial charge on any atom is 0.226 e. The monoisotopic (exact) mass is 381 g/mol. The summed E-state index contributed by atoms with van der Waals surface area (Å²) in [6.45, 7) is 5.72. The Kier molecular flexibility index (Phi) is 5.53. The van der Waals surface area contributed by atoms with Gasteiger partial charge in [-0.15, -0.1) is 0 Å². The van der Waals surface area contributed by atoms with Crippen molar-refractivity contribution in [2.24, 2.45) is 5.73 Å². The molecule has 0 amide bonds. The van der Waals surface area contributed by atoms with Crippen LogP contribution in [0.2, 0.25) is 5.02 Å². The number of halogens is 1. The van der Waals surface area contributed by atoms with E-state index in [9.17, 15) is 0 Å². The van der Waals surface area contributed by atoms with Gasteiger partial charge in [-0.25, -0.2) is 9.97 Å². The molecule has 4 rings (SSSR count). The minimum atomic E-state index is 0.728. The SMILES string of the molecule is NCCCN1CCN(c2nc(-c3ccc(Cl)cc3)c3ccccc3n2)CC1. The van der Waals surface area contributed by atoms with Crippen LogP contribution in [-0.4, -0.2) is 54.1 Å². The summed E-state index contributed by atoms with van der Waals surface area (Å²) < 4.78 is 0. The van der Waals surface area contributed by atoms with Crippen molar-refractivity contribution in [2.75, 3.05) is 44.2 Å². The second kappa shape index (κ2) is 8.21. The van der Waals surface area contributed by atoms with Crippen molar-refractivity contribution >= 4 is 28.5 Å². The first-order chi connectivity index (χ1) is 13.2. The van der Waals surface area contributed by atoms with Crippen LogP contribution in [0.25, 0.3) is 22.2 Å². The fraction of sp³-hybridized carbons (Fsp3) is 0.333.